The maximum Gasteiger partial charge on any atom is 0.302 e. The highest BCUT2D eigenvalue weighted by Gasteiger charge is 2.49. The zero-order valence-corrected chi connectivity index (χ0v) is 16.2. The Morgan fingerprint density at radius 3 is 2.11 bits per heavy atom. The van der Waals surface area contributed by atoms with Gasteiger partial charge in [0.1, 0.15) is 12.7 Å². The Kier molecular flexibility index (Phi) is 5.53. The summed E-state index contributed by atoms with van der Waals surface area (Å²) in [5, 5.41) is 0.579. The molecule has 5 heteroatoms. The van der Waals surface area contributed by atoms with Gasteiger partial charge in [-0.2, -0.15) is 0 Å². The van der Waals surface area contributed by atoms with E-state index in [1.165, 1.54) is 18.1 Å². The number of carbonyl (C=O) groups excluding carboxylic acids is 1. The maximum absolute atomic E-state index is 11.1. The molecule has 3 unspecified atom stereocenters. The molecule has 2 heterocycles. The number of hydrogen-bond donors (Lipinski definition) is 0. The lowest BCUT2D eigenvalue weighted by atomic mass is 9.96. The molecule has 0 aliphatic carbocycles. The van der Waals surface area contributed by atoms with Crippen molar-refractivity contribution in [2.75, 3.05) is 13.2 Å². The van der Waals surface area contributed by atoms with Crippen LogP contribution in [0.5, 0.6) is 0 Å². The highest BCUT2D eigenvalue weighted by atomic mass is 32.2. The monoisotopic (exact) mass is 384 g/mol. The lowest BCUT2D eigenvalue weighted by Gasteiger charge is -2.41. The van der Waals surface area contributed by atoms with Gasteiger partial charge in [-0.1, -0.05) is 60.7 Å². The predicted octanol–water partition coefficient (Wildman–Crippen LogP) is 4.67. The topological polar surface area (TPSA) is 44.8 Å². The number of ether oxygens (including phenoxy) is 3. The predicted molar refractivity (Wildman–Crippen MR) is 105 cm³/mol. The van der Waals surface area contributed by atoms with Gasteiger partial charge in [0, 0.05) is 30.3 Å². The molecule has 2 aliphatic heterocycles. The molecule has 4 rings (SSSR count). The van der Waals surface area contributed by atoms with E-state index >= 15 is 0 Å². The largest absolute Gasteiger partial charge is 0.463 e. The Morgan fingerprint density at radius 1 is 1.04 bits per heavy atom. The molecule has 2 aliphatic rings. The second-order valence-corrected chi connectivity index (χ2v) is 8.52. The molecule has 1 spiro atoms. The van der Waals surface area contributed by atoms with Crippen LogP contribution in [0.25, 0.3) is 0 Å². The average molecular weight is 384 g/mol. The van der Waals surface area contributed by atoms with E-state index in [9.17, 15) is 4.79 Å². The molecule has 0 aromatic heterocycles. The SMILES string of the molecule is CC(=O)OCC1COC2(CC(c3ccccc3)SC(c3ccccc3)C2)O1. The summed E-state index contributed by atoms with van der Waals surface area (Å²) in [7, 11) is 0. The molecule has 0 bridgehead atoms. The Labute approximate surface area is 164 Å². The van der Waals surface area contributed by atoms with Gasteiger partial charge in [-0.15, -0.1) is 11.8 Å². The summed E-state index contributed by atoms with van der Waals surface area (Å²) in [5.41, 5.74) is 2.58. The number of carbonyl (C=O) groups is 1. The van der Waals surface area contributed by atoms with Crippen LogP contribution in [-0.4, -0.2) is 31.1 Å². The average Bonchev–Trinajstić information content (AvgIpc) is 3.09. The van der Waals surface area contributed by atoms with E-state index in [2.05, 4.69) is 48.5 Å². The molecule has 3 atom stereocenters. The highest BCUT2D eigenvalue weighted by molar-refractivity contribution is 7.99. The molecule has 2 fully saturated rings. The van der Waals surface area contributed by atoms with Gasteiger partial charge in [0.2, 0.25) is 0 Å². The van der Waals surface area contributed by atoms with Gasteiger partial charge < -0.3 is 14.2 Å². The van der Waals surface area contributed by atoms with Crippen LogP contribution in [0.1, 0.15) is 41.4 Å². The minimum absolute atomic E-state index is 0.204. The first-order valence-corrected chi connectivity index (χ1v) is 10.3. The van der Waals surface area contributed by atoms with Crippen molar-refractivity contribution in [2.45, 2.75) is 42.2 Å². The summed E-state index contributed by atoms with van der Waals surface area (Å²) in [5.74, 6) is -0.917. The molecule has 2 aromatic carbocycles. The second kappa shape index (κ2) is 8.05. The number of esters is 1. The molecule has 0 amide bonds. The van der Waals surface area contributed by atoms with Crippen molar-refractivity contribution < 1.29 is 19.0 Å². The van der Waals surface area contributed by atoms with Crippen LogP contribution in [0.3, 0.4) is 0 Å². The molecular formula is C22H24O4S. The van der Waals surface area contributed by atoms with Gasteiger partial charge in [0.05, 0.1) is 6.61 Å². The molecule has 2 saturated heterocycles. The first kappa shape index (κ1) is 18.5. The Morgan fingerprint density at radius 2 is 1.59 bits per heavy atom. The molecule has 142 valence electrons. The van der Waals surface area contributed by atoms with Gasteiger partial charge in [0.15, 0.2) is 5.79 Å². The van der Waals surface area contributed by atoms with Gasteiger partial charge in [-0.25, -0.2) is 0 Å². The molecule has 27 heavy (non-hydrogen) atoms. The number of thioether (sulfide) groups is 1. The highest BCUT2D eigenvalue weighted by Crippen LogP contribution is 2.56. The normalized spacial score (nSPS) is 30.3. The number of hydrogen-bond acceptors (Lipinski definition) is 5. The lowest BCUT2D eigenvalue weighted by Crippen LogP contribution is -2.38. The third kappa shape index (κ3) is 4.37. The summed E-state index contributed by atoms with van der Waals surface area (Å²) in [6.07, 6.45) is 1.38. The lowest BCUT2D eigenvalue weighted by molar-refractivity contribution is -0.186. The van der Waals surface area contributed by atoms with E-state index in [1.807, 2.05) is 23.9 Å². The fraction of sp³-hybridized carbons (Fsp3) is 0.409. The van der Waals surface area contributed by atoms with Crippen molar-refractivity contribution in [2.24, 2.45) is 0 Å². The fourth-order valence-electron chi connectivity index (χ4n) is 3.79. The van der Waals surface area contributed by atoms with Crippen LogP contribution in [0.4, 0.5) is 0 Å². The van der Waals surface area contributed by atoms with Gasteiger partial charge in [0.25, 0.3) is 0 Å². The molecule has 0 saturated carbocycles. The van der Waals surface area contributed by atoms with Gasteiger partial charge in [-0.3, -0.25) is 4.79 Å². The molecule has 4 nitrogen and oxygen atoms in total. The van der Waals surface area contributed by atoms with Crippen LogP contribution in [0.2, 0.25) is 0 Å². The van der Waals surface area contributed by atoms with Gasteiger partial charge >= 0.3 is 5.97 Å². The van der Waals surface area contributed by atoms with Gasteiger partial charge in [-0.05, 0) is 11.1 Å². The van der Waals surface area contributed by atoms with Crippen LogP contribution < -0.4 is 0 Å². The third-order valence-corrected chi connectivity index (χ3v) is 6.58. The zero-order valence-electron chi connectivity index (χ0n) is 15.4. The smallest absolute Gasteiger partial charge is 0.302 e. The quantitative estimate of drug-likeness (QED) is 0.717. The van der Waals surface area contributed by atoms with Crippen LogP contribution in [-0.2, 0) is 19.0 Å². The van der Waals surface area contributed by atoms with Crippen LogP contribution >= 0.6 is 11.8 Å². The van der Waals surface area contributed by atoms with E-state index in [0.29, 0.717) is 6.61 Å². The van der Waals surface area contributed by atoms with Crippen LogP contribution in [0.15, 0.2) is 60.7 Å². The first-order chi connectivity index (χ1) is 13.1. The number of rotatable bonds is 4. The molecule has 0 radical (unpaired) electrons. The minimum Gasteiger partial charge on any atom is -0.463 e. The molecule has 0 N–H and O–H groups in total. The third-order valence-electron chi connectivity index (χ3n) is 5.05. The van der Waals surface area contributed by atoms with E-state index in [4.69, 9.17) is 14.2 Å². The summed E-state index contributed by atoms with van der Waals surface area (Å²) in [4.78, 5) is 11.1. The Hall–Kier alpha value is -1.82. The summed E-state index contributed by atoms with van der Waals surface area (Å²) in [6, 6.07) is 21.1. The van der Waals surface area contributed by atoms with E-state index in [-0.39, 0.29) is 29.2 Å². The summed E-state index contributed by atoms with van der Waals surface area (Å²) < 4.78 is 17.7. The van der Waals surface area contributed by atoms with Crippen LogP contribution in [0, 0.1) is 0 Å². The van der Waals surface area contributed by atoms with Crippen molar-refractivity contribution in [3.05, 3.63) is 71.8 Å². The number of benzene rings is 2. The van der Waals surface area contributed by atoms with Crippen molar-refractivity contribution in [3.63, 3.8) is 0 Å². The Bertz CT molecular complexity index is 717. The molecule has 2 aromatic rings. The van der Waals surface area contributed by atoms with Crippen molar-refractivity contribution in [3.8, 4) is 0 Å². The molecular weight excluding hydrogens is 360 g/mol. The van der Waals surface area contributed by atoms with Crippen molar-refractivity contribution >= 4 is 17.7 Å². The second-order valence-electron chi connectivity index (χ2n) is 7.11. The first-order valence-electron chi connectivity index (χ1n) is 9.34. The van der Waals surface area contributed by atoms with E-state index in [1.54, 1.807) is 0 Å². The van der Waals surface area contributed by atoms with E-state index in [0.717, 1.165) is 12.8 Å². The Balaban J connectivity index is 1.56. The summed E-state index contributed by atoms with van der Waals surface area (Å²) in [6.45, 7) is 2.12. The summed E-state index contributed by atoms with van der Waals surface area (Å²) >= 11 is 1.97. The van der Waals surface area contributed by atoms with Crippen molar-refractivity contribution in [1.82, 2.24) is 0 Å². The fourth-order valence-corrected chi connectivity index (χ4v) is 5.52. The zero-order chi connectivity index (χ0) is 18.7. The maximum atomic E-state index is 11.1. The standard InChI is InChI=1S/C22H24O4S/c1-16(23)24-14-19-15-25-22(26-19)12-20(17-8-4-2-5-9-17)27-21(13-22)18-10-6-3-7-11-18/h2-11,19-21H,12-15H2,1H3. The van der Waals surface area contributed by atoms with E-state index < -0.39 is 5.79 Å². The minimum atomic E-state index is -0.628. The van der Waals surface area contributed by atoms with Crippen molar-refractivity contribution in [1.29, 1.82) is 0 Å².